The van der Waals surface area contributed by atoms with Crippen LogP contribution >= 0.6 is 11.3 Å². The molecule has 1 N–H and O–H groups in total. The summed E-state index contributed by atoms with van der Waals surface area (Å²) in [5.41, 5.74) is 1.50. The van der Waals surface area contributed by atoms with Crippen molar-refractivity contribution in [2.45, 2.75) is 19.9 Å². The first-order valence-electron chi connectivity index (χ1n) is 6.72. The molecule has 3 aromatic rings. The molecule has 3 heterocycles. The SMILES string of the molecule is CCc1noc(-c2csc(C(=O)NCc3ccncc3)n2)n1. The van der Waals surface area contributed by atoms with Crippen molar-refractivity contribution in [3.63, 3.8) is 0 Å². The predicted molar refractivity (Wildman–Crippen MR) is 80.2 cm³/mol. The summed E-state index contributed by atoms with van der Waals surface area (Å²) in [6.07, 6.45) is 4.06. The highest BCUT2D eigenvalue weighted by molar-refractivity contribution is 7.12. The fourth-order valence-electron chi connectivity index (χ4n) is 1.74. The largest absolute Gasteiger partial charge is 0.346 e. The Labute approximate surface area is 130 Å². The van der Waals surface area contributed by atoms with Crippen LogP contribution in [0.25, 0.3) is 11.6 Å². The molecule has 0 aliphatic rings. The molecule has 3 rings (SSSR count). The van der Waals surface area contributed by atoms with E-state index in [1.807, 2.05) is 19.1 Å². The van der Waals surface area contributed by atoms with Crippen LogP contribution in [0.5, 0.6) is 0 Å². The number of carbonyl (C=O) groups is 1. The summed E-state index contributed by atoms with van der Waals surface area (Å²) >= 11 is 1.24. The van der Waals surface area contributed by atoms with Crippen LogP contribution < -0.4 is 5.32 Å². The number of rotatable bonds is 5. The number of hydrogen-bond acceptors (Lipinski definition) is 7. The lowest BCUT2D eigenvalue weighted by molar-refractivity contribution is 0.0950. The third-order valence-electron chi connectivity index (χ3n) is 2.90. The molecule has 0 atom stereocenters. The summed E-state index contributed by atoms with van der Waals surface area (Å²) in [4.78, 5) is 24.4. The molecule has 0 saturated carbocycles. The van der Waals surface area contributed by atoms with Crippen molar-refractivity contribution in [1.29, 1.82) is 0 Å². The second kappa shape index (κ2) is 6.44. The topological polar surface area (TPSA) is 93.8 Å². The fraction of sp³-hybridized carbons (Fsp3) is 0.214. The van der Waals surface area contributed by atoms with E-state index in [1.54, 1.807) is 17.8 Å². The zero-order chi connectivity index (χ0) is 15.4. The molecule has 0 aliphatic heterocycles. The zero-order valence-corrected chi connectivity index (χ0v) is 12.6. The highest BCUT2D eigenvalue weighted by Crippen LogP contribution is 2.20. The van der Waals surface area contributed by atoms with E-state index in [-0.39, 0.29) is 5.91 Å². The third-order valence-corrected chi connectivity index (χ3v) is 3.75. The van der Waals surface area contributed by atoms with Crippen LogP contribution in [-0.4, -0.2) is 26.0 Å². The molecule has 0 unspecified atom stereocenters. The molecule has 0 radical (unpaired) electrons. The monoisotopic (exact) mass is 315 g/mol. The van der Waals surface area contributed by atoms with E-state index in [4.69, 9.17) is 4.52 Å². The van der Waals surface area contributed by atoms with Crippen molar-refractivity contribution in [3.05, 3.63) is 46.3 Å². The lowest BCUT2D eigenvalue weighted by Crippen LogP contribution is -2.22. The van der Waals surface area contributed by atoms with Gasteiger partial charge >= 0.3 is 0 Å². The lowest BCUT2D eigenvalue weighted by Gasteiger charge is -2.02. The van der Waals surface area contributed by atoms with E-state index < -0.39 is 0 Å². The molecule has 8 heteroatoms. The molecule has 1 amide bonds. The second-order valence-corrected chi connectivity index (χ2v) is 5.30. The van der Waals surface area contributed by atoms with Gasteiger partial charge in [-0.25, -0.2) is 4.98 Å². The summed E-state index contributed by atoms with van der Waals surface area (Å²) in [6, 6.07) is 3.69. The van der Waals surface area contributed by atoms with E-state index in [1.165, 1.54) is 11.3 Å². The van der Waals surface area contributed by atoms with E-state index in [9.17, 15) is 4.79 Å². The first-order chi connectivity index (χ1) is 10.8. The number of amides is 1. The summed E-state index contributed by atoms with van der Waals surface area (Å²) < 4.78 is 5.11. The number of nitrogens with one attached hydrogen (secondary N) is 1. The standard InChI is InChI=1S/C14H13N5O2S/c1-2-11-18-13(21-19-11)10-8-22-14(17-10)12(20)16-7-9-3-5-15-6-4-9/h3-6,8H,2,7H2,1H3,(H,16,20). The van der Waals surface area contributed by atoms with E-state index >= 15 is 0 Å². The average molecular weight is 315 g/mol. The summed E-state index contributed by atoms with van der Waals surface area (Å²) in [5, 5.41) is 8.72. The van der Waals surface area contributed by atoms with Crippen molar-refractivity contribution in [1.82, 2.24) is 25.4 Å². The molecular weight excluding hydrogens is 302 g/mol. The highest BCUT2D eigenvalue weighted by atomic mass is 32.1. The van der Waals surface area contributed by atoms with Gasteiger partial charge in [-0.1, -0.05) is 12.1 Å². The molecule has 0 spiro atoms. The fourth-order valence-corrected chi connectivity index (χ4v) is 2.44. The molecule has 0 fully saturated rings. The van der Waals surface area contributed by atoms with Gasteiger partial charge in [0.25, 0.3) is 11.8 Å². The van der Waals surface area contributed by atoms with Crippen molar-refractivity contribution in [2.75, 3.05) is 0 Å². The number of aromatic nitrogens is 4. The first-order valence-corrected chi connectivity index (χ1v) is 7.60. The van der Waals surface area contributed by atoms with Crippen LogP contribution in [0.1, 0.15) is 28.1 Å². The minimum Gasteiger partial charge on any atom is -0.346 e. The Morgan fingerprint density at radius 2 is 2.14 bits per heavy atom. The molecule has 0 bridgehead atoms. The van der Waals surface area contributed by atoms with Gasteiger partial charge in [0.15, 0.2) is 10.8 Å². The minimum absolute atomic E-state index is 0.233. The van der Waals surface area contributed by atoms with Gasteiger partial charge in [-0.05, 0) is 17.7 Å². The lowest BCUT2D eigenvalue weighted by atomic mass is 10.3. The van der Waals surface area contributed by atoms with Crippen LogP contribution in [0.3, 0.4) is 0 Å². The smallest absolute Gasteiger partial charge is 0.280 e. The first kappa shape index (κ1) is 14.3. The maximum Gasteiger partial charge on any atom is 0.280 e. The summed E-state index contributed by atoms with van der Waals surface area (Å²) in [6.45, 7) is 2.37. The van der Waals surface area contributed by atoms with Gasteiger partial charge in [0.2, 0.25) is 0 Å². The number of nitrogens with zero attached hydrogens (tertiary/aromatic N) is 4. The third kappa shape index (κ3) is 3.17. The van der Waals surface area contributed by atoms with Gasteiger partial charge in [-0.2, -0.15) is 4.98 Å². The second-order valence-electron chi connectivity index (χ2n) is 4.45. The quantitative estimate of drug-likeness (QED) is 0.774. The Morgan fingerprint density at radius 3 is 2.86 bits per heavy atom. The molecule has 7 nitrogen and oxygen atoms in total. The summed E-state index contributed by atoms with van der Waals surface area (Å²) in [5.74, 6) is 0.719. The van der Waals surface area contributed by atoms with Crippen LogP contribution in [-0.2, 0) is 13.0 Å². The maximum atomic E-state index is 12.1. The Bertz CT molecular complexity index is 768. The Kier molecular flexibility index (Phi) is 4.19. The van der Waals surface area contributed by atoms with Crippen LogP contribution in [0.15, 0.2) is 34.4 Å². The van der Waals surface area contributed by atoms with Gasteiger partial charge in [-0.15, -0.1) is 11.3 Å². The molecule has 22 heavy (non-hydrogen) atoms. The number of pyridine rings is 1. The molecule has 0 aliphatic carbocycles. The molecule has 3 aromatic heterocycles. The van der Waals surface area contributed by atoms with Crippen LogP contribution in [0.4, 0.5) is 0 Å². The normalized spacial score (nSPS) is 10.6. The maximum absolute atomic E-state index is 12.1. The Balaban J connectivity index is 1.66. The molecule has 0 saturated heterocycles. The van der Waals surface area contributed by atoms with Crippen molar-refractivity contribution < 1.29 is 9.32 Å². The molecular formula is C14H13N5O2S. The zero-order valence-electron chi connectivity index (χ0n) is 11.8. The number of hydrogen-bond donors (Lipinski definition) is 1. The predicted octanol–water partition coefficient (Wildman–Crippen LogP) is 2.08. The average Bonchev–Trinajstić information content (AvgIpc) is 3.22. The van der Waals surface area contributed by atoms with Gasteiger partial charge in [-0.3, -0.25) is 9.78 Å². The van der Waals surface area contributed by atoms with Crippen molar-refractivity contribution in [2.24, 2.45) is 0 Å². The van der Waals surface area contributed by atoms with Gasteiger partial charge in [0, 0.05) is 30.7 Å². The van der Waals surface area contributed by atoms with Crippen LogP contribution in [0, 0.1) is 0 Å². The van der Waals surface area contributed by atoms with Crippen LogP contribution in [0.2, 0.25) is 0 Å². The van der Waals surface area contributed by atoms with E-state index in [0.29, 0.717) is 35.4 Å². The number of aryl methyl sites for hydroxylation is 1. The van der Waals surface area contributed by atoms with Gasteiger partial charge in [0.1, 0.15) is 5.69 Å². The molecule has 0 aromatic carbocycles. The van der Waals surface area contributed by atoms with E-state index in [0.717, 1.165) is 5.56 Å². The van der Waals surface area contributed by atoms with Crippen molar-refractivity contribution in [3.8, 4) is 11.6 Å². The number of carbonyl (C=O) groups excluding carboxylic acids is 1. The number of thiazole rings is 1. The Hall–Kier alpha value is -2.61. The van der Waals surface area contributed by atoms with E-state index in [2.05, 4.69) is 25.4 Å². The minimum atomic E-state index is -0.233. The van der Waals surface area contributed by atoms with Gasteiger partial charge in [0.05, 0.1) is 0 Å². The molecule has 112 valence electrons. The van der Waals surface area contributed by atoms with Gasteiger partial charge < -0.3 is 9.84 Å². The highest BCUT2D eigenvalue weighted by Gasteiger charge is 2.15. The van der Waals surface area contributed by atoms with Crippen molar-refractivity contribution >= 4 is 17.2 Å². The Morgan fingerprint density at radius 1 is 1.32 bits per heavy atom. The summed E-state index contributed by atoms with van der Waals surface area (Å²) in [7, 11) is 0.